The van der Waals surface area contributed by atoms with Crippen molar-refractivity contribution in [3.05, 3.63) is 17.2 Å². The van der Waals surface area contributed by atoms with E-state index in [1.165, 1.54) is 0 Å². The van der Waals surface area contributed by atoms with Gasteiger partial charge in [-0.3, -0.25) is 25.6 Å². The third-order valence-electron chi connectivity index (χ3n) is 3.78. The number of hydrogen-bond acceptors (Lipinski definition) is 7. The van der Waals surface area contributed by atoms with Gasteiger partial charge in [0.1, 0.15) is 17.8 Å². The van der Waals surface area contributed by atoms with Gasteiger partial charge < -0.3 is 5.73 Å². The molecule has 5 N–H and O–H groups in total. The molecule has 4 amide bonds. The Bertz CT molecular complexity index is 716. The summed E-state index contributed by atoms with van der Waals surface area (Å²) < 4.78 is 1.67. The number of barbiturate groups is 1. The largest absolute Gasteiger partial charge is 0.369 e. The summed E-state index contributed by atoms with van der Waals surface area (Å²) in [5.74, 6) is -1.76. The third kappa shape index (κ3) is 2.41. The van der Waals surface area contributed by atoms with Crippen molar-refractivity contribution in [1.29, 1.82) is 0 Å². The van der Waals surface area contributed by atoms with Crippen LogP contribution in [0.15, 0.2) is 4.99 Å². The zero-order valence-electron chi connectivity index (χ0n) is 12.7. The van der Waals surface area contributed by atoms with E-state index in [2.05, 4.69) is 26.0 Å². The van der Waals surface area contributed by atoms with Crippen LogP contribution in [0.3, 0.4) is 0 Å². The number of urea groups is 1. The highest BCUT2D eigenvalue weighted by Crippen LogP contribution is 2.32. The first kappa shape index (κ1) is 15.0. The van der Waals surface area contributed by atoms with Crippen LogP contribution in [0.5, 0.6) is 0 Å². The lowest BCUT2D eigenvalue weighted by Gasteiger charge is -2.30. The predicted molar refractivity (Wildman–Crippen MR) is 79.9 cm³/mol. The van der Waals surface area contributed by atoms with Gasteiger partial charge in [-0.15, -0.1) is 0 Å². The van der Waals surface area contributed by atoms with Crippen LogP contribution < -0.4 is 21.8 Å². The second-order valence-electron chi connectivity index (χ2n) is 5.44. The highest BCUT2D eigenvalue weighted by atomic mass is 16.2. The Morgan fingerprint density at radius 3 is 2.48 bits per heavy atom. The summed E-state index contributed by atoms with van der Waals surface area (Å²) in [6, 6.07) is -1.68. The number of aryl methyl sites for hydroxylation is 2. The standard InChI is InChI=1S/C13H17N7O3/c1-3-4-6-15-5(2)9-8(16-12(14)19-20(6)9)7-10(21)17-13(23)18-11(7)22/h7-8H,3-4H2,1-2H3,(H3,14,16,19)(H2,17,18,21,22,23). The second-order valence-corrected chi connectivity index (χ2v) is 5.44. The van der Waals surface area contributed by atoms with Crippen LogP contribution >= 0.6 is 0 Å². The molecule has 10 heteroatoms. The van der Waals surface area contributed by atoms with Crippen molar-refractivity contribution in [2.45, 2.75) is 32.7 Å². The van der Waals surface area contributed by atoms with Gasteiger partial charge in [-0.25, -0.2) is 19.4 Å². The second kappa shape index (κ2) is 5.38. The molecule has 1 saturated heterocycles. The van der Waals surface area contributed by atoms with E-state index in [1.807, 2.05) is 6.92 Å². The molecular formula is C13H17N7O3. The van der Waals surface area contributed by atoms with Crippen molar-refractivity contribution in [2.75, 3.05) is 5.43 Å². The fourth-order valence-corrected chi connectivity index (χ4v) is 2.87. The van der Waals surface area contributed by atoms with Crippen LogP contribution in [0.1, 0.15) is 36.6 Å². The number of hydrogen-bond donors (Lipinski definition) is 4. The van der Waals surface area contributed by atoms with Crippen molar-refractivity contribution in [2.24, 2.45) is 16.6 Å². The Kier molecular flexibility index (Phi) is 3.51. The Labute approximate surface area is 131 Å². The molecule has 0 aromatic carbocycles. The number of fused-ring (bicyclic) bond motifs is 1. The number of amides is 4. The molecule has 2 aliphatic heterocycles. The van der Waals surface area contributed by atoms with E-state index in [1.54, 1.807) is 11.6 Å². The van der Waals surface area contributed by atoms with Gasteiger partial charge in [0.2, 0.25) is 17.8 Å². The minimum Gasteiger partial charge on any atom is -0.369 e. The summed E-state index contributed by atoms with van der Waals surface area (Å²) in [7, 11) is 0. The van der Waals surface area contributed by atoms with Crippen LogP contribution in [0.25, 0.3) is 0 Å². The molecule has 10 nitrogen and oxygen atoms in total. The Hall–Kier alpha value is -2.91. The van der Waals surface area contributed by atoms with Gasteiger partial charge in [0, 0.05) is 6.42 Å². The smallest absolute Gasteiger partial charge is 0.328 e. The van der Waals surface area contributed by atoms with Crippen molar-refractivity contribution in [3.63, 3.8) is 0 Å². The van der Waals surface area contributed by atoms with Crippen LogP contribution in [0, 0.1) is 12.8 Å². The number of imidazole rings is 1. The number of aromatic nitrogens is 2. The van der Waals surface area contributed by atoms with E-state index >= 15 is 0 Å². The monoisotopic (exact) mass is 319 g/mol. The minimum absolute atomic E-state index is 0.0785. The van der Waals surface area contributed by atoms with Gasteiger partial charge in [0.15, 0.2) is 0 Å². The number of rotatable bonds is 3. The molecule has 23 heavy (non-hydrogen) atoms. The molecule has 0 spiro atoms. The van der Waals surface area contributed by atoms with Crippen molar-refractivity contribution >= 4 is 23.8 Å². The number of aliphatic imine (C=N–C) groups is 1. The van der Waals surface area contributed by atoms with E-state index < -0.39 is 29.8 Å². The van der Waals surface area contributed by atoms with Gasteiger partial charge in [-0.1, -0.05) is 6.92 Å². The number of guanidine groups is 1. The first-order chi connectivity index (χ1) is 10.9. The van der Waals surface area contributed by atoms with Crippen LogP contribution in [-0.4, -0.2) is 33.5 Å². The van der Waals surface area contributed by atoms with E-state index in [9.17, 15) is 14.4 Å². The molecule has 1 unspecified atom stereocenters. The molecule has 3 heterocycles. The minimum atomic E-state index is -1.18. The molecule has 1 aromatic rings. The normalized spacial score (nSPS) is 21.2. The zero-order chi connectivity index (χ0) is 16.7. The molecule has 0 aliphatic carbocycles. The quantitative estimate of drug-likeness (QED) is 0.528. The first-order valence-corrected chi connectivity index (χ1v) is 7.26. The molecule has 3 rings (SSSR count). The number of nitrogens with one attached hydrogen (secondary N) is 3. The number of nitrogens with two attached hydrogens (primary N) is 1. The molecule has 0 radical (unpaired) electrons. The van der Waals surface area contributed by atoms with Crippen LogP contribution in [0.4, 0.5) is 4.79 Å². The fourth-order valence-electron chi connectivity index (χ4n) is 2.87. The molecule has 122 valence electrons. The Morgan fingerprint density at radius 2 is 1.87 bits per heavy atom. The first-order valence-electron chi connectivity index (χ1n) is 7.26. The molecule has 1 fully saturated rings. The zero-order valence-corrected chi connectivity index (χ0v) is 12.7. The molecule has 0 bridgehead atoms. The average molecular weight is 319 g/mol. The lowest BCUT2D eigenvalue weighted by Crippen LogP contribution is -2.58. The number of imide groups is 2. The van der Waals surface area contributed by atoms with E-state index in [0.717, 1.165) is 12.2 Å². The number of carbonyl (C=O) groups excluding carboxylic acids is 3. The summed E-state index contributed by atoms with van der Waals surface area (Å²) in [5.41, 5.74) is 9.93. The summed E-state index contributed by atoms with van der Waals surface area (Å²) in [5, 5.41) is 4.17. The Balaban J connectivity index is 2.07. The summed E-state index contributed by atoms with van der Waals surface area (Å²) >= 11 is 0. The SMILES string of the molecule is CCCc1nc(C)c2n1NC(N)=NC2C1C(=O)NC(=O)NC1=O. The lowest BCUT2D eigenvalue weighted by atomic mass is 9.93. The van der Waals surface area contributed by atoms with Gasteiger partial charge in [-0.2, -0.15) is 0 Å². The maximum Gasteiger partial charge on any atom is 0.328 e. The molecule has 1 atom stereocenters. The van der Waals surface area contributed by atoms with Gasteiger partial charge in [-0.05, 0) is 13.3 Å². The maximum atomic E-state index is 12.1. The molecule has 0 saturated carbocycles. The molecule has 1 aromatic heterocycles. The summed E-state index contributed by atoms with van der Waals surface area (Å²) in [4.78, 5) is 44.1. The number of carbonyl (C=O) groups is 3. The topological polar surface area (TPSA) is 144 Å². The highest BCUT2D eigenvalue weighted by molar-refractivity contribution is 6.16. The van der Waals surface area contributed by atoms with Crippen LogP contribution in [0.2, 0.25) is 0 Å². The van der Waals surface area contributed by atoms with Crippen molar-refractivity contribution in [1.82, 2.24) is 20.3 Å². The summed E-state index contributed by atoms with van der Waals surface area (Å²) in [6.45, 7) is 3.79. The van der Waals surface area contributed by atoms with E-state index in [4.69, 9.17) is 5.73 Å². The van der Waals surface area contributed by atoms with E-state index in [0.29, 0.717) is 17.8 Å². The van der Waals surface area contributed by atoms with Crippen LogP contribution in [-0.2, 0) is 16.0 Å². The maximum absolute atomic E-state index is 12.1. The fraction of sp³-hybridized carbons (Fsp3) is 0.462. The number of nitrogens with zero attached hydrogens (tertiary/aromatic N) is 3. The highest BCUT2D eigenvalue weighted by Gasteiger charge is 2.44. The lowest BCUT2D eigenvalue weighted by molar-refractivity contribution is -0.136. The average Bonchev–Trinajstić information content (AvgIpc) is 2.74. The Morgan fingerprint density at radius 1 is 1.22 bits per heavy atom. The molecular weight excluding hydrogens is 302 g/mol. The summed E-state index contributed by atoms with van der Waals surface area (Å²) in [6.07, 6.45) is 1.58. The van der Waals surface area contributed by atoms with Gasteiger partial charge in [0.25, 0.3) is 0 Å². The van der Waals surface area contributed by atoms with Crippen molar-refractivity contribution in [3.8, 4) is 0 Å². The van der Waals surface area contributed by atoms with Gasteiger partial charge >= 0.3 is 6.03 Å². The van der Waals surface area contributed by atoms with Crippen molar-refractivity contribution < 1.29 is 14.4 Å². The van der Waals surface area contributed by atoms with E-state index in [-0.39, 0.29) is 5.96 Å². The molecule has 2 aliphatic rings. The third-order valence-corrected chi connectivity index (χ3v) is 3.78. The predicted octanol–water partition coefficient (Wildman–Crippen LogP) is -0.961. The van der Waals surface area contributed by atoms with Gasteiger partial charge in [0.05, 0.1) is 11.4 Å².